The summed E-state index contributed by atoms with van der Waals surface area (Å²) in [6, 6.07) is 0. The van der Waals surface area contributed by atoms with Crippen LogP contribution in [0.1, 0.15) is 25.7 Å². The molecular weight excluding hydrogens is 328 g/mol. The van der Waals surface area contributed by atoms with Crippen molar-refractivity contribution >= 4 is 26.0 Å². The van der Waals surface area contributed by atoms with Gasteiger partial charge in [-0.25, -0.2) is 12.7 Å². The van der Waals surface area contributed by atoms with Crippen molar-refractivity contribution in [3.8, 4) is 0 Å². The molecule has 0 bridgehead atoms. The van der Waals surface area contributed by atoms with Crippen molar-refractivity contribution in [3.63, 3.8) is 0 Å². The molecule has 112 valence electrons. The number of halogens is 1. The summed E-state index contributed by atoms with van der Waals surface area (Å²) in [6.45, 7) is 4.89. The molecule has 2 rings (SSSR count). The van der Waals surface area contributed by atoms with Crippen LogP contribution in [0.25, 0.3) is 0 Å². The second-order valence-corrected chi connectivity index (χ2v) is 8.80. The minimum atomic E-state index is -3.00. The van der Waals surface area contributed by atoms with E-state index in [0.29, 0.717) is 12.5 Å². The molecule has 0 aliphatic carbocycles. The SMILES string of the molecule is CS(=O)(=O)N1CCCC(CN2CCC(CCBr)C2)C1. The topological polar surface area (TPSA) is 40.6 Å². The third-order valence-corrected chi connectivity index (χ3v) is 6.08. The van der Waals surface area contributed by atoms with E-state index in [1.165, 1.54) is 38.6 Å². The summed E-state index contributed by atoms with van der Waals surface area (Å²) in [6.07, 6.45) is 6.07. The van der Waals surface area contributed by atoms with Crippen molar-refractivity contribution in [2.24, 2.45) is 11.8 Å². The van der Waals surface area contributed by atoms with Gasteiger partial charge in [-0.3, -0.25) is 0 Å². The number of hydrogen-bond acceptors (Lipinski definition) is 3. The van der Waals surface area contributed by atoms with Crippen LogP contribution in [-0.2, 0) is 10.0 Å². The first kappa shape index (κ1) is 15.7. The Morgan fingerprint density at radius 3 is 2.63 bits per heavy atom. The Morgan fingerprint density at radius 2 is 1.95 bits per heavy atom. The Bertz CT molecular complexity index is 388. The highest BCUT2D eigenvalue weighted by molar-refractivity contribution is 9.09. The van der Waals surface area contributed by atoms with Gasteiger partial charge in [0.2, 0.25) is 10.0 Å². The zero-order chi connectivity index (χ0) is 13.9. The van der Waals surface area contributed by atoms with Crippen molar-refractivity contribution in [2.45, 2.75) is 25.7 Å². The van der Waals surface area contributed by atoms with Gasteiger partial charge in [0.25, 0.3) is 0 Å². The molecule has 0 saturated carbocycles. The number of piperidine rings is 1. The van der Waals surface area contributed by atoms with Gasteiger partial charge in [0.15, 0.2) is 0 Å². The van der Waals surface area contributed by atoms with Crippen LogP contribution in [0.4, 0.5) is 0 Å². The normalized spacial score (nSPS) is 30.8. The van der Waals surface area contributed by atoms with Gasteiger partial charge in [-0.2, -0.15) is 0 Å². The maximum Gasteiger partial charge on any atom is 0.211 e. The average molecular weight is 353 g/mol. The molecule has 2 saturated heterocycles. The highest BCUT2D eigenvalue weighted by atomic mass is 79.9. The lowest BCUT2D eigenvalue weighted by atomic mass is 9.99. The molecule has 2 heterocycles. The van der Waals surface area contributed by atoms with E-state index in [1.54, 1.807) is 4.31 Å². The molecule has 0 aromatic rings. The molecule has 0 aromatic carbocycles. The monoisotopic (exact) mass is 352 g/mol. The molecule has 2 aliphatic rings. The van der Waals surface area contributed by atoms with Gasteiger partial charge in [-0.15, -0.1) is 0 Å². The van der Waals surface area contributed by atoms with Crippen LogP contribution < -0.4 is 0 Å². The van der Waals surface area contributed by atoms with Gasteiger partial charge in [0.1, 0.15) is 0 Å². The van der Waals surface area contributed by atoms with Gasteiger partial charge in [-0.05, 0) is 44.1 Å². The maximum absolute atomic E-state index is 11.6. The van der Waals surface area contributed by atoms with Gasteiger partial charge in [0.05, 0.1) is 6.26 Å². The lowest BCUT2D eigenvalue weighted by Crippen LogP contribution is -2.43. The molecule has 0 N–H and O–H groups in total. The van der Waals surface area contributed by atoms with Crippen LogP contribution in [0.2, 0.25) is 0 Å². The third kappa shape index (κ3) is 4.69. The van der Waals surface area contributed by atoms with Crippen LogP contribution >= 0.6 is 15.9 Å². The minimum absolute atomic E-state index is 0.520. The Balaban J connectivity index is 1.80. The molecule has 0 spiro atoms. The highest BCUT2D eigenvalue weighted by Gasteiger charge is 2.29. The summed E-state index contributed by atoms with van der Waals surface area (Å²) in [5.41, 5.74) is 0. The first-order chi connectivity index (χ1) is 8.99. The summed E-state index contributed by atoms with van der Waals surface area (Å²) in [4.78, 5) is 2.53. The first-order valence-electron chi connectivity index (χ1n) is 7.22. The first-order valence-corrected chi connectivity index (χ1v) is 10.2. The molecule has 2 fully saturated rings. The van der Waals surface area contributed by atoms with Crippen molar-refractivity contribution in [1.82, 2.24) is 9.21 Å². The van der Waals surface area contributed by atoms with E-state index in [2.05, 4.69) is 20.8 Å². The number of rotatable bonds is 5. The molecule has 0 radical (unpaired) electrons. The van der Waals surface area contributed by atoms with E-state index < -0.39 is 10.0 Å². The Morgan fingerprint density at radius 1 is 1.16 bits per heavy atom. The molecule has 4 nitrogen and oxygen atoms in total. The average Bonchev–Trinajstić information content (AvgIpc) is 2.76. The third-order valence-electron chi connectivity index (χ3n) is 4.35. The van der Waals surface area contributed by atoms with Gasteiger partial charge in [0, 0.05) is 31.5 Å². The number of nitrogens with zero attached hydrogens (tertiary/aromatic N) is 2. The fourth-order valence-corrected chi connectivity index (χ4v) is 4.90. The molecule has 0 amide bonds. The highest BCUT2D eigenvalue weighted by Crippen LogP contribution is 2.24. The van der Waals surface area contributed by atoms with E-state index in [9.17, 15) is 8.42 Å². The summed E-state index contributed by atoms with van der Waals surface area (Å²) in [5.74, 6) is 1.35. The Kier molecular flexibility index (Phi) is 5.69. The lowest BCUT2D eigenvalue weighted by Gasteiger charge is -2.33. The van der Waals surface area contributed by atoms with Gasteiger partial charge < -0.3 is 4.90 Å². The van der Waals surface area contributed by atoms with Gasteiger partial charge >= 0.3 is 0 Å². The predicted octanol–water partition coefficient (Wildman–Crippen LogP) is 1.76. The fraction of sp³-hybridized carbons (Fsp3) is 1.00. The molecule has 2 atom stereocenters. The van der Waals surface area contributed by atoms with Gasteiger partial charge in [-0.1, -0.05) is 15.9 Å². The van der Waals surface area contributed by atoms with Crippen molar-refractivity contribution in [1.29, 1.82) is 0 Å². The van der Waals surface area contributed by atoms with E-state index in [1.807, 2.05) is 0 Å². The number of sulfonamides is 1. The zero-order valence-electron chi connectivity index (χ0n) is 11.7. The fourth-order valence-electron chi connectivity index (χ4n) is 3.31. The van der Waals surface area contributed by atoms with Crippen molar-refractivity contribution in [2.75, 3.05) is 44.3 Å². The van der Waals surface area contributed by atoms with E-state index in [0.717, 1.165) is 30.8 Å². The molecule has 2 unspecified atom stereocenters. The number of alkyl halides is 1. The molecule has 0 aromatic heterocycles. The Labute approximate surface area is 125 Å². The van der Waals surface area contributed by atoms with Crippen LogP contribution in [0, 0.1) is 11.8 Å². The number of hydrogen-bond donors (Lipinski definition) is 0. The van der Waals surface area contributed by atoms with Crippen LogP contribution in [0.3, 0.4) is 0 Å². The standard InChI is InChI=1S/C13H25BrN2O2S/c1-19(17,18)16-7-2-3-13(11-16)10-15-8-5-12(9-15)4-6-14/h12-13H,2-11H2,1H3. The smallest absolute Gasteiger partial charge is 0.211 e. The molecule has 2 aliphatic heterocycles. The molecular formula is C13H25BrN2O2S. The summed E-state index contributed by atoms with van der Waals surface area (Å²) >= 11 is 3.52. The minimum Gasteiger partial charge on any atom is -0.303 e. The number of likely N-dealkylation sites (tertiary alicyclic amines) is 1. The largest absolute Gasteiger partial charge is 0.303 e. The maximum atomic E-state index is 11.6. The predicted molar refractivity (Wildman–Crippen MR) is 82.1 cm³/mol. The molecule has 6 heteroatoms. The van der Waals surface area contributed by atoms with E-state index in [4.69, 9.17) is 0 Å². The van der Waals surface area contributed by atoms with Crippen molar-refractivity contribution < 1.29 is 8.42 Å². The summed E-state index contributed by atoms with van der Waals surface area (Å²) < 4.78 is 24.9. The lowest BCUT2D eigenvalue weighted by molar-refractivity contribution is 0.197. The molecule has 19 heavy (non-hydrogen) atoms. The van der Waals surface area contributed by atoms with Crippen LogP contribution in [0.15, 0.2) is 0 Å². The van der Waals surface area contributed by atoms with Crippen molar-refractivity contribution in [3.05, 3.63) is 0 Å². The second kappa shape index (κ2) is 6.87. The zero-order valence-corrected chi connectivity index (χ0v) is 14.1. The quantitative estimate of drug-likeness (QED) is 0.708. The summed E-state index contributed by atoms with van der Waals surface area (Å²) in [5, 5.41) is 1.09. The second-order valence-electron chi connectivity index (χ2n) is 6.02. The van der Waals surface area contributed by atoms with Crippen LogP contribution in [0.5, 0.6) is 0 Å². The van der Waals surface area contributed by atoms with Crippen LogP contribution in [-0.4, -0.2) is 61.9 Å². The Hall–Kier alpha value is 0.350. The van der Waals surface area contributed by atoms with E-state index >= 15 is 0 Å². The summed E-state index contributed by atoms with van der Waals surface area (Å²) in [7, 11) is -3.00. The van der Waals surface area contributed by atoms with E-state index in [-0.39, 0.29) is 0 Å².